The Morgan fingerprint density at radius 2 is 1.87 bits per heavy atom. The summed E-state index contributed by atoms with van der Waals surface area (Å²) < 4.78 is 35.2. The maximum Gasteiger partial charge on any atom is 0.243 e. The van der Waals surface area contributed by atoms with Crippen LogP contribution in [0.3, 0.4) is 0 Å². The van der Waals surface area contributed by atoms with Gasteiger partial charge in [0.1, 0.15) is 11.6 Å². The SMILES string of the molecule is CCn1c(CN(C)Cc2c(C)noc2C)nc2cc(S(=O)(=O)N3CCCCC3)ccc21. The number of hydrogen-bond acceptors (Lipinski definition) is 6. The molecule has 1 aliphatic heterocycles. The van der Waals surface area contributed by atoms with Gasteiger partial charge in [-0.15, -0.1) is 0 Å². The van der Waals surface area contributed by atoms with Crippen LogP contribution in [-0.4, -0.2) is 52.5 Å². The van der Waals surface area contributed by atoms with Crippen LogP contribution in [0, 0.1) is 13.8 Å². The zero-order valence-corrected chi connectivity index (χ0v) is 19.6. The lowest BCUT2D eigenvalue weighted by Gasteiger charge is -2.25. The minimum absolute atomic E-state index is 0.332. The van der Waals surface area contributed by atoms with Gasteiger partial charge in [0.25, 0.3) is 0 Å². The number of aromatic nitrogens is 3. The summed E-state index contributed by atoms with van der Waals surface area (Å²) >= 11 is 0. The molecule has 1 fully saturated rings. The Morgan fingerprint density at radius 3 is 2.52 bits per heavy atom. The zero-order valence-electron chi connectivity index (χ0n) is 18.8. The number of piperidine rings is 1. The minimum Gasteiger partial charge on any atom is -0.361 e. The number of benzene rings is 1. The van der Waals surface area contributed by atoms with Gasteiger partial charge in [-0.05, 0) is 58.9 Å². The summed E-state index contributed by atoms with van der Waals surface area (Å²) in [5.74, 6) is 1.75. The average molecular weight is 446 g/mol. The number of imidazole rings is 1. The van der Waals surface area contributed by atoms with Crippen LogP contribution >= 0.6 is 0 Å². The lowest BCUT2D eigenvalue weighted by Crippen LogP contribution is -2.35. The van der Waals surface area contributed by atoms with Crippen LogP contribution in [-0.2, 0) is 29.7 Å². The van der Waals surface area contributed by atoms with Gasteiger partial charge < -0.3 is 9.09 Å². The van der Waals surface area contributed by atoms with Crippen molar-refractivity contribution < 1.29 is 12.9 Å². The van der Waals surface area contributed by atoms with Gasteiger partial charge in [-0.1, -0.05) is 11.6 Å². The van der Waals surface area contributed by atoms with Gasteiger partial charge in [-0.3, -0.25) is 4.90 Å². The van der Waals surface area contributed by atoms with E-state index in [2.05, 4.69) is 21.5 Å². The summed E-state index contributed by atoms with van der Waals surface area (Å²) in [5.41, 5.74) is 3.68. The molecule has 4 rings (SSSR count). The molecule has 0 radical (unpaired) electrons. The van der Waals surface area contributed by atoms with E-state index in [1.165, 1.54) is 0 Å². The molecule has 1 aliphatic rings. The van der Waals surface area contributed by atoms with Gasteiger partial charge in [0.05, 0.1) is 28.2 Å². The monoisotopic (exact) mass is 445 g/mol. The number of fused-ring (bicyclic) bond motifs is 1. The van der Waals surface area contributed by atoms with Crippen LogP contribution in [0.25, 0.3) is 11.0 Å². The lowest BCUT2D eigenvalue weighted by molar-refractivity contribution is 0.302. The van der Waals surface area contributed by atoms with Crippen LogP contribution in [0.4, 0.5) is 0 Å². The number of sulfonamides is 1. The predicted octanol–water partition coefficient (Wildman–Crippen LogP) is 3.47. The molecule has 8 nitrogen and oxygen atoms in total. The van der Waals surface area contributed by atoms with Crippen molar-refractivity contribution >= 4 is 21.1 Å². The summed E-state index contributed by atoms with van der Waals surface area (Å²) in [6.45, 7) is 9.27. The highest BCUT2D eigenvalue weighted by atomic mass is 32.2. The third-order valence-electron chi connectivity index (χ3n) is 6.09. The Labute approximate surface area is 183 Å². The van der Waals surface area contributed by atoms with Gasteiger partial charge in [-0.2, -0.15) is 4.31 Å². The molecule has 0 bridgehead atoms. The molecule has 0 spiro atoms. The smallest absolute Gasteiger partial charge is 0.243 e. The normalized spacial score (nSPS) is 15.9. The summed E-state index contributed by atoms with van der Waals surface area (Å²) in [7, 11) is -1.44. The fraction of sp³-hybridized carbons (Fsp3) is 0.545. The van der Waals surface area contributed by atoms with E-state index in [-0.39, 0.29) is 0 Å². The molecule has 0 aliphatic carbocycles. The minimum atomic E-state index is -3.47. The highest BCUT2D eigenvalue weighted by molar-refractivity contribution is 7.89. The maximum absolute atomic E-state index is 13.1. The van der Waals surface area contributed by atoms with E-state index in [4.69, 9.17) is 9.51 Å². The van der Waals surface area contributed by atoms with Crippen LogP contribution in [0.1, 0.15) is 49.0 Å². The third-order valence-corrected chi connectivity index (χ3v) is 7.98. The first-order valence-corrected chi connectivity index (χ1v) is 12.3. The van der Waals surface area contributed by atoms with Gasteiger partial charge in [0.15, 0.2) is 0 Å². The summed E-state index contributed by atoms with van der Waals surface area (Å²) in [6.07, 6.45) is 2.94. The topological polar surface area (TPSA) is 84.5 Å². The molecule has 0 amide bonds. The van der Waals surface area contributed by atoms with Crippen molar-refractivity contribution in [3.05, 3.63) is 41.0 Å². The lowest BCUT2D eigenvalue weighted by atomic mass is 10.2. The first kappa shape index (κ1) is 22.0. The van der Waals surface area contributed by atoms with Crippen LogP contribution in [0.5, 0.6) is 0 Å². The Bertz CT molecular complexity index is 1160. The number of rotatable bonds is 7. The molecule has 0 N–H and O–H groups in total. The standard InChI is InChI=1S/C22H31N5O3S/c1-5-27-21-10-9-18(31(28,29)26-11-7-6-8-12-26)13-20(21)23-22(27)15-25(4)14-19-16(2)24-30-17(19)3/h9-10,13H,5-8,11-12,14-15H2,1-4H3. The van der Waals surface area contributed by atoms with Crippen LogP contribution < -0.4 is 0 Å². The fourth-order valence-electron chi connectivity index (χ4n) is 4.34. The van der Waals surface area contributed by atoms with Crippen molar-refractivity contribution in [2.45, 2.75) is 64.6 Å². The molecular formula is C22H31N5O3S. The number of hydrogen-bond donors (Lipinski definition) is 0. The van der Waals surface area contributed by atoms with Gasteiger partial charge in [0.2, 0.25) is 10.0 Å². The first-order valence-electron chi connectivity index (χ1n) is 10.9. The molecule has 0 atom stereocenters. The van der Waals surface area contributed by atoms with Crippen molar-refractivity contribution in [3.8, 4) is 0 Å². The van der Waals surface area contributed by atoms with Gasteiger partial charge in [0, 0.05) is 31.7 Å². The average Bonchev–Trinajstić information content (AvgIpc) is 3.27. The predicted molar refractivity (Wildman–Crippen MR) is 119 cm³/mol. The van der Waals surface area contributed by atoms with E-state index < -0.39 is 10.0 Å². The van der Waals surface area contributed by atoms with E-state index >= 15 is 0 Å². The van der Waals surface area contributed by atoms with Crippen molar-refractivity contribution in [3.63, 3.8) is 0 Å². The van der Waals surface area contributed by atoms with E-state index in [0.29, 0.717) is 31.1 Å². The van der Waals surface area contributed by atoms with Crippen molar-refractivity contribution in [2.24, 2.45) is 0 Å². The van der Waals surface area contributed by atoms with Crippen LogP contribution in [0.2, 0.25) is 0 Å². The van der Waals surface area contributed by atoms with Crippen molar-refractivity contribution in [1.29, 1.82) is 0 Å². The van der Waals surface area contributed by atoms with Crippen molar-refractivity contribution in [2.75, 3.05) is 20.1 Å². The van der Waals surface area contributed by atoms with Gasteiger partial charge >= 0.3 is 0 Å². The van der Waals surface area contributed by atoms with Crippen molar-refractivity contribution in [1.82, 2.24) is 23.9 Å². The molecule has 2 aromatic heterocycles. The number of nitrogens with zero attached hydrogens (tertiary/aromatic N) is 5. The second-order valence-electron chi connectivity index (χ2n) is 8.36. The van der Waals surface area contributed by atoms with E-state index in [1.807, 2.05) is 27.0 Å². The fourth-order valence-corrected chi connectivity index (χ4v) is 5.88. The number of aryl methyl sites for hydroxylation is 3. The Hall–Kier alpha value is -2.23. The molecule has 0 unspecified atom stereocenters. The van der Waals surface area contributed by atoms with E-state index in [0.717, 1.165) is 59.7 Å². The molecule has 9 heteroatoms. The summed E-state index contributed by atoms with van der Waals surface area (Å²) in [4.78, 5) is 7.32. The first-order chi connectivity index (χ1) is 14.8. The summed E-state index contributed by atoms with van der Waals surface area (Å²) in [6, 6.07) is 5.33. The Morgan fingerprint density at radius 1 is 1.13 bits per heavy atom. The molecular weight excluding hydrogens is 414 g/mol. The molecule has 31 heavy (non-hydrogen) atoms. The van der Waals surface area contributed by atoms with E-state index in [9.17, 15) is 8.42 Å². The molecule has 3 heterocycles. The molecule has 168 valence electrons. The largest absolute Gasteiger partial charge is 0.361 e. The molecule has 1 saturated heterocycles. The van der Waals surface area contributed by atoms with E-state index in [1.54, 1.807) is 16.4 Å². The second kappa shape index (κ2) is 8.72. The molecule has 0 saturated carbocycles. The Kier molecular flexibility index (Phi) is 6.18. The molecule has 3 aromatic rings. The second-order valence-corrected chi connectivity index (χ2v) is 10.3. The van der Waals surface area contributed by atoms with Crippen LogP contribution in [0.15, 0.2) is 27.6 Å². The third kappa shape index (κ3) is 4.26. The highest BCUT2D eigenvalue weighted by Gasteiger charge is 2.26. The zero-order chi connectivity index (χ0) is 22.2. The summed E-state index contributed by atoms with van der Waals surface area (Å²) in [5, 5.41) is 4.03. The maximum atomic E-state index is 13.1. The van der Waals surface area contributed by atoms with Gasteiger partial charge in [-0.25, -0.2) is 13.4 Å². The molecule has 1 aromatic carbocycles. The Balaban J connectivity index is 1.61. The quantitative estimate of drug-likeness (QED) is 0.554. The highest BCUT2D eigenvalue weighted by Crippen LogP contribution is 2.26.